The largest absolute Gasteiger partial charge is 0.466 e. The van der Waals surface area contributed by atoms with Gasteiger partial charge in [0, 0.05) is 29.2 Å². The fourth-order valence-electron chi connectivity index (χ4n) is 4.16. The number of likely N-dealkylation sites (tertiary alicyclic amines) is 1. The number of nitrogens with one attached hydrogen (secondary N) is 1. The number of nitrogens with zero attached hydrogens (tertiary/aromatic N) is 2. The number of ether oxygens (including phenoxy) is 2. The molecule has 2 heterocycles. The lowest BCUT2D eigenvalue weighted by atomic mass is 10.0. The Hall–Kier alpha value is -3.01. The second-order valence-electron chi connectivity index (χ2n) is 8.94. The first kappa shape index (κ1) is 22.7. The molecular weight excluding hydrogens is 394 g/mol. The van der Waals surface area contributed by atoms with Crippen LogP contribution in [-0.2, 0) is 27.1 Å². The molecular formula is C24H31N3O4. The summed E-state index contributed by atoms with van der Waals surface area (Å²) in [4.78, 5) is 30.0. The molecule has 7 nitrogen and oxygen atoms in total. The maximum Gasteiger partial charge on any atom is 0.410 e. The molecule has 1 fully saturated rings. The van der Waals surface area contributed by atoms with Crippen LogP contribution in [0.15, 0.2) is 18.2 Å². The molecule has 2 aromatic rings. The van der Waals surface area contributed by atoms with Crippen LogP contribution in [0, 0.1) is 11.3 Å². The van der Waals surface area contributed by atoms with Gasteiger partial charge in [0.25, 0.3) is 0 Å². The lowest BCUT2D eigenvalue weighted by Gasteiger charge is -2.28. The zero-order valence-corrected chi connectivity index (χ0v) is 18.8. The van der Waals surface area contributed by atoms with Crippen molar-refractivity contribution in [1.29, 1.82) is 5.26 Å². The van der Waals surface area contributed by atoms with Crippen molar-refractivity contribution in [3.63, 3.8) is 0 Å². The van der Waals surface area contributed by atoms with Gasteiger partial charge in [0.15, 0.2) is 0 Å². The Kier molecular flexibility index (Phi) is 6.89. The van der Waals surface area contributed by atoms with E-state index in [2.05, 4.69) is 11.1 Å². The lowest BCUT2D eigenvalue weighted by molar-refractivity contribution is -0.142. The Morgan fingerprint density at radius 2 is 2.10 bits per heavy atom. The number of benzene rings is 1. The second-order valence-corrected chi connectivity index (χ2v) is 8.94. The first-order valence-corrected chi connectivity index (χ1v) is 10.9. The van der Waals surface area contributed by atoms with Gasteiger partial charge in [-0.3, -0.25) is 4.79 Å². The van der Waals surface area contributed by atoms with E-state index in [9.17, 15) is 14.9 Å². The van der Waals surface area contributed by atoms with Crippen molar-refractivity contribution in [2.75, 3.05) is 13.2 Å². The van der Waals surface area contributed by atoms with Gasteiger partial charge < -0.3 is 19.4 Å². The number of hydrogen-bond donors (Lipinski definition) is 1. The molecule has 31 heavy (non-hydrogen) atoms. The monoisotopic (exact) mass is 425 g/mol. The smallest absolute Gasteiger partial charge is 0.410 e. The minimum Gasteiger partial charge on any atom is -0.466 e. The van der Waals surface area contributed by atoms with Crippen molar-refractivity contribution >= 4 is 23.0 Å². The number of rotatable bonds is 6. The maximum absolute atomic E-state index is 12.6. The van der Waals surface area contributed by atoms with Gasteiger partial charge in [-0.05, 0) is 71.1 Å². The van der Waals surface area contributed by atoms with Gasteiger partial charge in [0.1, 0.15) is 5.60 Å². The summed E-state index contributed by atoms with van der Waals surface area (Å²) in [5, 5.41) is 10.1. The molecule has 0 unspecified atom stereocenters. The molecule has 0 bridgehead atoms. The van der Waals surface area contributed by atoms with Crippen molar-refractivity contribution in [3.8, 4) is 6.07 Å². The number of esters is 1. The van der Waals surface area contributed by atoms with E-state index in [1.54, 1.807) is 19.1 Å². The number of aryl methyl sites for hydroxylation is 1. The number of hydrogen-bond acceptors (Lipinski definition) is 5. The van der Waals surface area contributed by atoms with Crippen LogP contribution in [0.1, 0.15) is 63.8 Å². The highest BCUT2D eigenvalue weighted by molar-refractivity contribution is 5.89. The number of carbonyl (C=O) groups excluding carboxylic acids is 2. The third-order valence-electron chi connectivity index (χ3n) is 5.48. The van der Waals surface area contributed by atoms with E-state index in [0.29, 0.717) is 25.1 Å². The summed E-state index contributed by atoms with van der Waals surface area (Å²) in [6, 6.07) is 7.70. The van der Waals surface area contributed by atoms with Gasteiger partial charge in [-0.2, -0.15) is 5.26 Å². The number of aromatic amines is 1. The highest BCUT2D eigenvalue weighted by atomic mass is 16.6. The Morgan fingerprint density at radius 1 is 1.32 bits per heavy atom. The number of H-pyrrole nitrogens is 1. The van der Waals surface area contributed by atoms with Crippen LogP contribution in [0.3, 0.4) is 0 Å². The minimum absolute atomic E-state index is 0.103. The third-order valence-corrected chi connectivity index (χ3v) is 5.48. The zero-order chi connectivity index (χ0) is 22.6. The van der Waals surface area contributed by atoms with Crippen LogP contribution in [0.4, 0.5) is 4.79 Å². The molecule has 3 rings (SSSR count). The van der Waals surface area contributed by atoms with Crippen molar-refractivity contribution < 1.29 is 19.1 Å². The first-order chi connectivity index (χ1) is 14.7. The first-order valence-electron chi connectivity index (χ1n) is 10.9. The van der Waals surface area contributed by atoms with Gasteiger partial charge in [-0.25, -0.2) is 4.79 Å². The SMILES string of the molecule is CCOC(=O)Cc1c(CC[C@@H]2CCCN2C(=O)OC(C)(C)C)[nH]c2cc(C#N)ccc12. The number of fused-ring (bicyclic) bond motifs is 1. The van der Waals surface area contributed by atoms with E-state index in [-0.39, 0.29) is 24.5 Å². The number of carbonyl (C=O) groups is 2. The molecule has 1 amide bonds. The van der Waals surface area contributed by atoms with Crippen LogP contribution in [0.2, 0.25) is 0 Å². The summed E-state index contributed by atoms with van der Waals surface area (Å²) in [7, 11) is 0. The highest BCUT2D eigenvalue weighted by Crippen LogP contribution is 2.29. The predicted octanol–water partition coefficient (Wildman–Crippen LogP) is 4.48. The summed E-state index contributed by atoms with van der Waals surface area (Å²) in [5.41, 5.74) is 2.74. The van der Waals surface area contributed by atoms with Crippen LogP contribution in [0.25, 0.3) is 10.9 Å². The van der Waals surface area contributed by atoms with Gasteiger partial charge >= 0.3 is 12.1 Å². The summed E-state index contributed by atoms with van der Waals surface area (Å²) >= 11 is 0. The number of nitriles is 1. The topological polar surface area (TPSA) is 95.4 Å². The van der Waals surface area contributed by atoms with E-state index in [1.165, 1.54) is 0 Å². The Balaban J connectivity index is 1.80. The van der Waals surface area contributed by atoms with Crippen molar-refractivity contribution in [3.05, 3.63) is 35.0 Å². The average molecular weight is 426 g/mol. The van der Waals surface area contributed by atoms with Crippen LogP contribution in [0.5, 0.6) is 0 Å². The van der Waals surface area contributed by atoms with Crippen LogP contribution >= 0.6 is 0 Å². The van der Waals surface area contributed by atoms with E-state index in [4.69, 9.17) is 9.47 Å². The molecule has 1 N–H and O–H groups in total. The van der Waals surface area contributed by atoms with Gasteiger partial charge in [-0.1, -0.05) is 6.07 Å². The Bertz CT molecular complexity index is 997. The quantitative estimate of drug-likeness (QED) is 0.689. The molecule has 1 aromatic heterocycles. The average Bonchev–Trinajstić information content (AvgIpc) is 3.29. The Labute approximate surface area is 183 Å². The van der Waals surface area contributed by atoms with Gasteiger partial charge in [-0.15, -0.1) is 0 Å². The lowest BCUT2D eigenvalue weighted by Crippen LogP contribution is -2.40. The molecule has 1 aliphatic rings. The van der Waals surface area contributed by atoms with E-state index >= 15 is 0 Å². The van der Waals surface area contributed by atoms with E-state index in [0.717, 1.165) is 41.4 Å². The number of aromatic nitrogens is 1. The molecule has 1 aliphatic heterocycles. The predicted molar refractivity (Wildman–Crippen MR) is 118 cm³/mol. The van der Waals surface area contributed by atoms with Crippen LogP contribution in [-0.4, -0.2) is 46.7 Å². The van der Waals surface area contributed by atoms with Crippen LogP contribution < -0.4 is 0 Å². The summed E-state index contributed by atoms with van der Waals surface area (Å²) in [5.74, 6) is -0.273. The molecule has 0 spiro atoms. The molecule has 1 aromatic carbocycles. The number of amides is 1. The molecule has 166 valence electrons. The molecule has 7 heteroatoms. The normalized spacial score (nSPS) is 16.4. The Morgan fingerprint density at radius 3 is 2.77 bits per heavy atom. The molecule has 0 aliphatic carbocycles. The van der Waals surface area contributed by atoms with Crippen molar-refractivity contribution in [2.45, 2.75) is 71.4 Å². The molecule has 1 saturated heterocycles. The maximum atomic E-state index is 12.6. The third kappa shape index (κ3) is 5.57. The van der Waals surface area contributed by atoms with E-state index < -0.39 is 5.60 Å². The second kappa shape index (κ2) is 9.42. The van der Waals surface area contributed by atoms with Crippen molar-refractivity contribution in [2.24, 2.45) is 0 Å². The summed E-state index contributed by atoms with van der Waals surface area (Å²) in [6.07, 6.45) is 3.26. The fraction of sp³-hybridized carbons (Fsp3) is 0.542. The minimum atomic E-state index is -0.521. The highest BCUT2D eigenvalue weighted by Gasteiger charge is 2.32. The molecule has 0 saturated carbocycles. The molecule has 0 radical (unpaired) electrons. The fourth-order valence-corrected chi connectivity index (χ4v) is 4.16. The molecule has 1 atom stereocenters. The van der Waals surface area contributed by atoms with E-state index in [1.807, 2.05) is 31.7 Å². The van der Waals surface area contributed by atoms with Crippen molar-refractivity contribution in [1.82, 2.24) is 9.88 Å². The zero-order valence-electron chi connectivity index (χ0n) is 18.8. The van der Waals surface area contributed by atoms with Gasteiger partial charge in [0.2, 0.25) is 0 Å². The summed E-state index contributed by atoms with van der Waals surface area (Å²) < 4.78 is 10.7. The standard InChI is InChI=1S/C24H31N3O4/c1-5-30-22(28)14-19-18-10-8-16(15-25)13-21(18)26-20(19)11-9-17-7-6-12-27(17)23(29)31-24(2,3)4/h8,10,13,17,26H,5-7,9,11-12,14H2,1-4H3/t17-/m0/s1. The summed E-state index contributed by atoms with van der Waals surface area (Å²) in [6.45, 7) is 8.45. The van der Waals surface area contributed by atoms with Gasteiger partial charge in [0.05, 0.1) is 24.7 Å².